The first-order valence-corrected chi connectivity index (χ1v) is 6.58. The number of halogens is 1. The van der Waals surface area contributed by atoms with Crippen LogP contribution < -0.4 is 5.73 Å². The molecule has 0 saturated carbocycles. The SMILES string of the molecule is Cc1nc2ccccc2n1Cc1cc(F)ccc1CN. The van der Waals surface area contributed by atoms with Crippen molar-refractivity contribution in [1.29, 1.82) is 0 Å². The van der Waals surface area contributed by atoms with Crippen LogP contribution in [0.3, 0.4) is 0 Å². The van der Waals surface area contributed by atoms with Gasteiger partial charge in [0.2, 0.25) is 0 Å². The maximum Gasteiger partial charge on any atom is 0.123 e. The molecular formula is C16H16FN3. The van der Waals surface area contributed by atoms with Gasteiger partial charge < -0.3 is 10.3 Å². The average Bonchev–Trinajstić information content (AvgIpc) is 2.76. The molecule has 0 bridgehead atoms. The van der Waals surface area contributed by atoms with Crippen LogP contribution in [-0.4, -0.2) is 9.55 Å². The summed E-state index contributed by atoms with van der Waals surface area (Å²) < 4.78 is 15.5. The number of nitrogens with zero attached hydrogens (tertiary/aromatic N) is 2. The first kappa shape index (κ1) is 12.8. The minimum absolute atomic E-state index is 0.237. The van der Waals surface area contributed by atoms with Crippen molar-refractivity contribution in [1.82, 2.24) is 9.55 Å². The van der Waals surface area contributed by atoms with E-state index in [2.05, 4.69) is 9.55 Å². The van der Waals surface area contributed by atoms with E-state index in [-0.39, 0.29) is 5.82 Å². The van der Waals surface area contributed by atoms with E-state index in [1.165, 1.54) is 6.07 Å². The molecule has 2 aromatic carbocycles. The Morgan fingerprint density at radius 3 is 2.75 bits per heavy atom. The zero-order valence-electron chi connectivity index (χ0n) is 11.3. The highest BCUT2D eigenvalue weighted by Gasteiger charge is 2.10. The number of aryl methyl sites for hydroxylation is 1. The molecule has 4 heteroatoms. The van der Waals surface area contributed by atoms with Gasteiger partial charge in [0.05, 0.1) is 11.0 Å². The Morgan fingerprint density at radius 1 is 1.15 bits per heavy atom. The first-order valence-electron chi connectivity index (χ1n) is 6.58. The van der Waals surface area contributed by atoms with Gasteiger partial charge in [-0.05, 0) is 42.3 Å². The predicted octanol–water partition coefficient (Wildman–Crippen LogP) is 2.99. The van der Waals surface area contributed by atoms with Crippen molar-refractivity contribution in [2.45, 2.75) is 20.0 Å². The Kier molecular flexibility index (Phi) is 3.24. The van der Waals surface area contributed by atoms with Crippen molar-refractivity contribution >= 4 is 11.0 Å². The molecule has 0 atom stereocenters. The van der Waals surface area contributed by atoms with E-state index in [0.717, 1.165) is 28.0 Å². The van der Waals surface area contributed by atoms with Crippen molar-refractivity contribution in [3.05, 3.63) is 65.2 Å². The van der Waals surface area contributed by atoms with E-state index in [1.807, 2.05) is 31.2 Å². The number of aromatic nitrogens is 2. The molecule has 1 aromatic heterocycles. The maximum absolute atomic E-state index is 13.5. The molecular weight excluding hydrogens is 253 g/mol. The van der Waals surface area contributed by atoms with Crippen LogP contribution in [0.1, 0.15) is 17.0 Å². The Morgan fingerprint density at radius 2 is 1.95 bits per heavy atom. The van der Waals surface area contributed by atoms with E-state index < -0.39 is 0 Å². The number of rotatable bonds is 3. The van der Waals surface area contributed by atoms with Crippen LogP contribution in [0.5, 0.6) is 0 Å². The average molecular weight is 269 g/mol. The molecule has 0 saturated heterocycles. The van der Waals surface area contributed by atoms with Gasteiger partial charge in [-0.15, -0.1) is 0 Å². The van der Waals surface area contributed by atoms with E-state index in [4.69, 9.17) is 5.73 Å². The number of fused-ring (bicyclic) bond motifs is 1. The molecule has 0 unspecified atom stereocenters. The molecule has 0 aliphatic heterocycles. The Labute approximate surface area is 116 Å². The molecule has 0 amide bonds. The Balaban J connectivity index is 2.09. The number of benzene rings is 2. The second-order valence-corrected chi connectivity index (χ2v) is 4.85. The summed E-state index contributed by atoms with van der Waals surface area (Å²) in [5, 5.41) is 0. The Bertz CT molecular complexity index is 762. The van der Waals surface area contributed by atoms with Gasteiger partial charge in [0.1, 0.15) is 11.6 Å². The maximum atomic E-state index is 13.5. The topological polar surface area (TPSA) is 43.8 Å². The van der Waals surface area contributed by atoms with Crippen molar-refractivity contribution in [2.24, 2.45) is 5.73 Å². The zero-order chi connectivity index (χ0) is 14.1. The van der Waals surface area contributed by atoms with Crippen LogP contribution in [0, 0.1) is 12.7 Å². The monoisotopic (exact) mass is 269 g/mol. The second-order valence-electron chi connectivity index (χ2n) is 4.85. The van der Waals surface area contributed by atoms with Gasteiger partial charge in [0.25, 0.3) is 0 Å². The minimum atomic E-state index is -0.237. The van der Waals surface area contributed by atoms with Crippen LogP contribution >= 0.6 is 0 Å². The van der Waals surface area contributed by atoms with Crippen LogP contribution in [0.15, 0.2) is 42.5 Å². The molecule has 3 nitrogen and oxygen atoms in total. The van der Waals surface area contributed by atoms with Crippen molar-refractivity contribution in [3.63, 3.8) is 0 Å². The van der Waals surface area contributed by atoms with E-state index in [1.54, 1.807) is 12.1 Å². The largest absolute Gasteiger partial charge is 0.326 e. The molecule has 102 valence electrons. The summed E-state index contributed by atoms with van der Waals surface area (Å²) in [6.45, 7) is 2.94. The Hall–Kier alpha value is -2.20. The lowest BCUT2D eigenvalue weighted by Crippen LogP contribution is -2.08. The van der Waals surface area contributed by atoms with Crippen LogP contribution in [0.25, 0.3) is 11.0 Å². The van der Waals surface area contributed by atoms with Crippen LogP contribution in [-0.2, 0) is 13.1 Å². The molecule has 0 spiro atoms. The van der Waals surface area contributed by atoms with Crippen molar-refractivity contribution < 1.29 is 4.39 Å². The molecule has 2 N–H and O–H groups in total. The summed E-state index contributed by atoms with van der Waals surface area (Å²) in [6.07, 6.45) is 0. The lowest BCUT2D eigenvalue weighted by Gasteiger charge is -2.11. The number of hydrogen-bond donors (Lipinski definition) is 1. The highest BCUT2D eigenvalue weighted by atomic mass is 19.1. The molecule has 0 radical (unpaired) electrons. The lowest BCUT2D eigenvalue weighted by atomic mass is 10.1. The van der Waals surface area contributed by atoms with Gasteiger partial charge in [0.15, 0.2) is 0 Å². The van der Waals surface area contributed by atoms with Gasteiger partial charge >= 0.3 is 0 Å². The fourth-order valence-electron chi connectivity index (χ4n) is 2.51. The summed E-state index contributed by atoms with van der Waals surface area (Å²) in [5.74, 6) is 0.678. The minimum Gasteiger partial charge on any atom is -0.326 e. The summed E-state index contributed by atoms with van der Waals surface area (Å²) in [7, 11) is 0. The molecule has 0 aliphatic rings. The van der Waals surface area contributed by atoms with E-state index >= 15 is 0 Å². The number of para-hydroxylation sites is 2. The third-order valence-corrected chi connectivity index (χ3v) is 3.56. The third kappa shape index (κ3) is 2.18. The molecule has 0 aliphatic carbocycles. The van der Waals surface area contributed by atoms with Gasteiger partial charge in [0, 0.05) is 13.1 Å². The zero-order valence-corrected chi connectivity index (χ0v) is 11.3. The summed E-state index contributed by atoms with van der Waals surface area (Å²) in [6, 6.07) is 12.7. The molecule has 0 fully saturated rings. The smallest absolute Gasteiger partial charge is 0.123 e. The van der Waals surface area contributed by atoms with Crippen LogP contribution in [0.4, 0.5) is 4.39 Å². The van der Waals surface area contributed by atoms with Gasteiger partial charge in [-0.2, -0.15) is 0 Å². The number of imidazole rings is 1. The summed E-state index contributed by atoms with van der Waals surface area (Å²) >= 11 is 0. The van der Waals surface area contributed by atoms with Gasteiger partial charge in [-0.3, -0.25) is 0 Å². The molecule has 1 heterocycles. The molecule has 3 rings (SSSR count). The number of nitrogens with two attached hydrogens (primary N) is 1. The van der Waals surface area contributed by atoms with Gasteiger partial charge in [-0.25, -0.2) is 9.37 Å². The van der Waals surface area contributed by atoms with Gasteiger partial charge in [-0.1, -0.05) is 18.2 Å². The standard InChI is InChI=1S/C16H16FN3/c1-11-19-15-4-2-3-5-16(15)20(11)10-13-8-14(17)7-6-12(13)9-18/h2-8H,9-10,18H2,1H3. The van der Waals surface area contributed by atoms with Crippen molar-refractivity contribution in [3.8, 4) is 0 Å². The predicted molar refractivity (Wildman–Crippen MR) is 77.9 cm³/mol. The number of hydrogen-bond acceptors (Lipinski definition) is 2. The second kappa shape index (κ2) is 5.06. The fourth-order valence-corrected chi connectivity index (χ4v) is 2.51. The molecule has 20 heavy (non-hydrogen) atoms. The normalized spacial score (nSPS) is 11.2. The quantitative estimate of drug-likeness (QED) is 0.794. The fraction of sp³-hybridized carbons (Fsp3) is 0.188. The first-order chi connectivity index (χ1) is 9.69. The summed E-state index contributed by atoms with van der Waals surface area (Å²) in [5.41, 5.74) is 9.60. The highest BCUT2D eigenvalue weighted by Crippen LogP contribution is 2.19. The van der Waals surface area contributed by atoms with Crippen molar-refractivity contribution in [2.75, 3.05) is 0 Å². The van der Waals surface area contributed by atoms with E-state index in [0.29, 0.717) is 13.1 Å². The molecule has 3 aromatic rings. The highest BCUT2D eigenvalue weighted by molar-refractivity contribution is 5.76. The lowest BCUT2D eigenvalue weighted by molar-refractivity contribution is 0.621. The van der Waals surface area contributed by atoms with E-state index in [9.17, 15) is 4.39 Å². The summed E-state index contributed by atoms with van der Waals surface area (Å²) in [4.78, 5) is 4.53. The van der Waals surface area contributed by atoms with Crippen LogP contribution in [0.2, 0.25) is 0 Å². The third-order valence-electron chi connectivity index (χ3n) is 3.56.